The summed E-state index contributed by atoms with van der Waals surface area (Å²) in [5, 5.41) is 17.8. The molecule has 10 heteroatoms. The van der Waals surface area contributed by atoms with Crippen molar-refractivity contribution in [1.82, 2.24) is 15.3 Å². The molecule has 2 amide bonds. The van der Waals surface area contributed by atoms with Crippen molar-refractivity contribution in [3.8, 4) is 11.4 Å². The van der Waals surface area contributed by atoms with Gasteiger partial charge in [0, 0.05) is 30.0 Å². The van der Waals surface area contributed by atoms with Crippen molar-refractivity contribution in [2.24, 2.45) is 0 Å². The van der Waals surface area contributed by atoms with Gasteiger partial charge < -0.3 is 25.4 Å². The van der Waals surface area contributed by atoms with Gasteiger partial charge in [-0.15, -0.1) is 11.3 Å². The van der Waals surface area contributed by atoms with Crippen molar-refractivity contribution in [2.45, 2.75) is 57.8 Å². The average molecular weight is 536 g/mol. The first-order valence-electron chi connectivity index (χ1n) is 13.0. The molecule has 5 rings (SSSR count). The average Bonchev–Trinajstić information content (AvgIpc) is 3.53. The summed E-state index contributed by atoms with van der Waals surface area (Å²) in [6.07, 6.45) is 1.58. The van der Waals surface area contributed by atoms with E-state index in [4.69, 9.17) is 9.72 Å². The van der Waals surface area contributed by atoms with Crippen LogP contribution in [0.3, 0.4) is 0 Å². The highest BCUT2D eigenvalue weighted by molar-refractivity contribution is 7.14. The third-order valence-electron chi connectivity index (χ3n) is 7.01. The molecular weight excluding hydrogens is 502 g/mol. The molecular formula is C28H33N5O4S. The fraction of sp³-hybridized carbons (Fsp3) is 0.429. The van der Waals surface area contributed by atoms with Crippen LogP contribution in [0.4, 0.5) is 10.9 Å². The number of benzene rings is 1. The molecule has 0 unspecified atom stereocenters. The second-order valence-corrected chi connectivity index (χ2v) is 11.0. The number of hydrogen-bond acceptors (Lipinski definition) is 8. The predicted molar refractivity (Wildman–Crippen MR) is 148 cm³/mol. The molecule has 2 aromatic heterocycles. The first-order valence-corrected chi connectivity index (χ1v) is 13.9. The van der Waals surface area contributed by atoms with Crippen LogP contribution in [0.15, 0.2) is 41.8 Å². The number of fused-ring (bicyclic) bond motifs is 1. The number of morpholine rings is 1. The van der Waals surface area contributed by atoms with Crippen LogP contribution in [0.1, 0.15) is 54.6 Å². The summed E-state index contributed by atoms with van der Waals surface area (Å²) in [5.74, 6) is 0.223. The van der Waals surface area contributed by atoms with Gasteiger partial charge in [-0.25, -0.2) is 9.97 Å². The van der Waals surface area contributed by atoms with E-state index in [0.717, 1.165) is 43.0 Å². The van der Waals surface area contributed by atoms with Crippen molar-refractivity contribution in [3.63, 3.8) is 0 Å². The van der Waals surface area contributed by atoms with Crippen molar-refractivity contribution in [1.29, 1.82) is 0 Å². The first-order chi connectivity index (χ1) is 18.3. The van der Waals surface area contributed by atoms with Crippen molar-refractivity contribution in [2.75, 3.05) is 29.9 Å². The number of anilines is 2. The smallest absolute Gasteiger partial charge is 0.251 e. The van der Waals surface area contributed by atoms with Crippen LogP contribution in [-0.4, -0.2) is 64.8 Å². The van der Waals surface area contributed by atoms with E-state index in [-0.39, 0.29) is 36.5 Å². The highest BCUT2D eigenvalue weighted by atomic mass is 32.1. The molecule has 0 saturated carbocycles. The van der Waals surface area contributed by atoms with Crippen LogP contribution in [0.2, 0.25) is 0 Å². The number of aryl methyl sites for hydroxylation is 1. The molecule has 1 aliphatic carbocycles. The van der Waals surface area contributed by atoms with Crippen molar-refractivity contribution < 1.29 is 19.4 Å². The van der Waals surface area contributed by atoms with Crippen LogP contribution >= 0.6 is 11.3 Å². The number of thiazole rings is 1. The number of pyridine rings is 1. The van der Waals surface area contributed by atoms with Crippen LogP contribution in [0.5, 0.6) is 0 Å². The Kier molecular flexibility index (Phi) is 7.73. The third kappa shape index (κ3) is 5.87. The lowest BCUT2D eigenvalue weighted by Crippen LogP contribution is -2.45. The molecule has 1 aliphatic heterocycles. The number of aliphatic hydroxyl groups excluding tert-OH is 1. The molecule has 3 N–H and O–H groups in total. The molecule has 0 bridgehead atoms. The number of carbonyl (C=O) groups excluding carboxylic acids is 2. The molecule has 1 saturated heterocycles. The number of nitrogens with zero attached hydrogens (tertiary/aromatic N) is 3. The van der Waals surface area contributed by atoms with Gasteiger partial charge in [0.25, 0.3) is 5.91 Å². The van der Waals surface area contributed by atoms with Gasteiger partial charge in [-0.1, -0.05) is 12.1 Å². The van der Waals surface area contributed by atoms with E-state index < -0.39 is 6.10 Å². The standard InChI is InChI=1S/C28H33N5O4S/c1-16-13-33(14-17(2)37-16)25-6-4-5-23(30-25)24-15-38-28(31-24)32-26(35)12-29-27(36)20-8-7-19-9-10-21(18(3)34)22(19)11-20/h4-8,11,15-18,21,34H,9-10,12-14H2,1-3H3,(H,29,36)(H,31,32,35)/t16-,17+,18-,21+/m0/s1. The summed E-state index contributed by atoms with van der Waals surface area (Å²) in [7, 11) is 0. The zero-order valence-electron chi connectivity index (χ0n) is 21.8. The van der Waals surface area contributed by atoms with E-state index in [1.807, 2.05) is 35.7 Å². The van der Waals surface area contributed by atoms with Gasteiger partial charge in [0.2, 0.25) is 5.91 Å². The topological polar surface area (TPSA) is 117 Å². The van der Waals surface area contributed by atoms with E-state index in [0.29, 0.717) is 16.4 Å². The molecule has 4 atom stereocenters. The number of hydrogen-bond donors (Lipinski definition) is 3. The fourth-order valence-electron chi connectivity index (χ4n) is 5.26. The van der Waals surface area contributed by atoms with E-state index in [9.17, 15) is 14.7 Å². The second kappa shape index (κ2) is 11.2. The molecule has 0 spiro atoms. The van der Waals surface area contributed by atoms with Crippen molar-refractivity contribution in [3.05, 3.63) is 58.5 Å². The van der Waals surface area contributed by atoms with Gasteiger partial charge in [0.1, 0.15) is 11.5 Å². The molecule has 0 radical (unpaired) electrons. The molecule has 200 valence electrons. The molecule has 3 aromatic rings. The Balaban J connectivity index is 1.18. The minimum Gasteiger partial charge on any atom is -0.393 e. The Hall–Kier alpha value is -3.34. The summed E-state index contributed by atoms with van der Waals surface area (Å²) in [4.78, 5) is 36.7. The van der Waals surface area contributed by atoms with Crippen LogP contribution in [-0.2, 0) is 16.0 Å². The number of carbonyl (C=O) groups is 2. The Morgan fingerprint density at radius 1 is 1.16 bits per heavy atom. The first kappa shape index (κ1) is 26.3. The fourth-order valence-corrected chi connectivity index (χ4v) is 5.98. The minimum absolute atomic E-state index is 0.0383. The SMILES string of the molecule is C[C@@H]1CN(c2cccc(-c3csc(NC(=O)CNC(=O)c4ccc5c(c4)[C@@H]([C@H](C)O)CC5)n3)n2)C[C@H](C)O1. The van der Waals surface area contributed by atoms with Gasteiger partial charge >= 0.3 is 0 Å². The van der Waals surface area contributed by atoms with E-state index in [2.05, 4.69) is 34.4 Å². The third-order valence-corrected chi connectivity index (χ3v) is 7.77. The lowest BCUT2D eigenvalue weighted by Gasteiger charge is -2.36. The van der Waals surface area contributed by atoms with Gasteiger partial charge in [0.15, 0.2) is 5.13 Å². The normalized spacial score (nSPS) is 21.6. The molecule has 3 heterocycles. The zero-order valence-corrected chi connectivity index (χ0v) is 22.6. The summed E-state index contributed by atoms with van der Waals surface area (Å²) in [5.41, 5.74) is 4.07. The molecule has 1 fully saturated rings. The maximum Gasteiger partial charge on any atom is 0.251 e. The highest BCUT2D eigenvalue weighted by Gasteiger charge is 2.27. The molecule has 1 aromatic carbocycles. The largest absolute Gasteiger partial charge is 0.393 e. The van der Waals surface area contributed by atoms with Gasteiger partial charge in [-0.2, -0.15) is 0 Å². The Bertz CT molecular complexity index is 1320. The molecule has 2 aliphatic rings. The quantitative estimate of drug-likeness (QED) is 0.423. The van der Waals surface area contributed by atoms with Crippen molar-refractivity contribution >= 4 is 34.1 Å². The summed E-state index contributed by atoms with van der Waals surface area (Å²) >= 11 is 1.31. The van der Waals surface area contributed by atoms with Gasteiger partial charge in [-0.05, 0) is 69.0 Å². The molecule has 38 heavy (non-hydrogen) atoms. The summed E-state index contributed by atoms with van der Waals surface area (Å²) in [6, 6.07) is 11.4. The summed E-state index contributed by atoms with van der Waals surface area (Å²) in [6.45, 7) is 7.27. The predicted octanol–water partition coefficient (Wildman–Crippen LogP) is 3.60. The van der Waals surface area contributed by atoms with Gasteiger partial charge in [0.05, 0.1) is 30.6 Å². The maximum absolute atomic E-state index is 12.7. The Morgan fingerprint density at radius 3 is 2.71 bits per heavy atom. The van der Waals surface area contributed by atoms with E-state index in [1.165, 1.54) is 16.9 Å². The zero-order chi connectivity index (χ0) is 26.8. The monoisotopic (exact) mass is 535 g/mol. The van der Waals surface area contributed by atoms with E-state index in [1.54, 1.807) is 13.0 Å². The number of aromatic nitrogens is 2. The number of ether oxygens (including phenoxy) is 1. The lowest BCUT2D eigenvalue weighted by molar-refractivity contribution is -0.115. The van der Waals surface area contributed by atoms with E-state index >= 15 is 0 Å². The summed E-state index contributed by atoms with van der Waals surface area (Å²) < 4.78 is 5.83. The highest BCUT2D eigenvalue weighted by Crippen LogP contribution is 2.36. The molecule has 9 nitrogen and oxygen atoms in total. The maximum atomic E-state index is 12.7. The van der Waals surface area contributed by atoms with Gasteiger partial charge in [-0.3, -0.25) is 9.59 Å². The van der Waals surface area contributed by atoms with Crippen LogP contribution < -0.4 is 15.5 Å². The number of amides is 2. The van der Waals surface area contributed by atoms with Crippen LogP contribution in [0, 0.1) is 0 Å². The minimum atomic E-state index is -0.465. The number of nitrogens with one attached hydrogen (secondary N) is 2. The Morgan fingerprint density at radius 2 is 1.95 bits per heavy atom. The lowest BCUT2D eigenvalue weighted by atomic mass is 9.95. The number of rotatable bonds is 7. The van der Waals surface area contributed by atoms with Crippen LogP contribution in [0.25, 0.3) is 11.4 Å². The Labute approximate surface area is 226 Å². The second-order valence-electron chi connectivity index (χ2n) is 10.1. The number of aliphatic hydroxyl groups is 1.